The van der Waals surface area contributed by atoms with Gasteiger partial charge in [0, 0.05) is 34.2 Å². The first-order chi connectivity index (χ1) is 13.5. The van der Waals surface area contributed by atoms with Crippen LogP contribution in [0.2, 0.25) is 0 Å². The molecule has 2 aromatic heterocycles. The van der Waals surface area contributed by atoms with Crippen molar-refractivity contribution in [1.29, 1.82) is 0 Å². The fourth-order valence-electron chi connectivity index (χ4n) is 3.13. The summed E-state index contributed by atoms with van der Waals surface area (Å²) in [6.07, 6.45) is 0. The quantitative estimate of drug-likeness (QED) is 0.365. The molecule has 142 valence electrons. The van der Waals surface area contributed by atoms with Gasteiger partial charge < -0.3 is 4.57 Å². The standard InChI is InChI=1S/C22H20FN3S2/c1-14-8-10-16(11-9-14)20-15(2)27-13-18(20)21-24-25-22(26(21)3)28-12-17-6-4-5-7-19(17)23/h4-11,13H,12H2,1-3H3. The summed E-state index contributed by atoms with van der Waals surface area (Å²) < 4.78 is 15.9. The molecule has 0 atom stereocenters. The average Bonchev–Trinajstić information content (AvgIpc) is 3.24. The van der Waals surface area contributed by atoms with Crippen molar-refractivity contribution in [2.75, 3.05) is 0 Å². The van der Waals surface area contributed by atoms with Crippen molar-refractivity contribution in [3.63, 3.8) is 0 Å². The molecule has 2 heterocycles. The summed E-state index contributed by atoms with van der Waals surface area (Å²) in [4.78, 5) is 1.25. The third-order valence-electron chi connectivity index (χ3n) is 4.71. The number of nitrogens with zero attached hydrogens (tertiary/aromatic N) is 3. The number of hydrogen-bond acceptors (Lipinski definition) is 4. The van der Waals surface area contributed by atoms with Gasteiger partial charge in [-0.25, -0.2) is 4.39 Å². The molecule has 6 heteroatoms. The first-order valence-corrected chi connectivity index (χ1v) is 10.8. The maximum Gasteiger partial charge on any atom is 0.191 e. The Balaban J connectivity index is 1.65. The molecule has 0 unspecified atom stereocenters. The number of thiophene rings is 1. The Morgan fingerprint density at radius 1 is 1.04 bits per heavy atom. The van der Waals surface area contributed by atoms with E-state index >= 15 is 0 Å². The Kier molecular flexibility index (Phi) is 5.33. The van der Waals surface area contributed by atoms with Crippen molar-refractivity contribution < 1.29 is 4.39 Å². The number of thioether (sulfide) groups is 1. The number of benzene rings is 2. The molecule has 0 spiro atoms. The highest BCUT2D eigenvalue weighted by Gasteiger charge is 2.19. The SMILES string of the molecule is Cc1ccc(-c2c(-c3nnc(SCc4ccccc4F)n3C)csc2C)cc1. The number of aryl methyl sites for hydroxylation is 2. The molecule has 3 nitrogen and oxygen atoms in total. The molecule has 0 saturated carbocycles. The van der Waals surface area contributed by atoms with E-state index in [1.165, 1.54) is 39.4 Å². The van der Waals surface area contributed by atoms with Crippen LogP contribution < -0.4 is 0 Å². The van der Waals surface area contributed by atoms with E-state index in [2.05, 4.69) is 53.7 Å². The molecule has 0 aliphatic rings. The smallest absolute Gasteiger partial charge is 0.191 e. The van der Waals surface area contributed by atoms with Gasteiger partial charge >= 0.3 is 0 Å². The van der Waals surface area contributed by atoms with Gasteiger partial charge in [-0.15, -0.1) is 21.5 Å². The zero-order valence-electron chi connectivity index (χ0n) is 15.9. The Hall–Kier alpha value is -2.44. The van der Waals surface area contributed by atoms with E-state index in [1.807, 2.05) is 17.7 Å². The van der Waals surface area contributed by atoms with E-state index in [9.17, 15) is 4.39 Å². The van der Waals surface area contributed by atoms with Crippen LogP contribution >= 0.6 is 23.1 Å². The number of rotatable bonds is 5. The summed E-state index contributed by atoms with van der Waals surface area (Å²) in [5.41, 5.74) is 5.38. The fourth-order valence-corrected chi connectivity index (χ4v) is 4.89. The molecule has 0 bridgehead atoms. The summed E-state index contributed by atoms with van der Waals surface area (Å²) in [6, 6.07) is 15.4. The van der Waals surface area contributed by atoms with E-state index in [-0.39, 0.29) is 5.82 Å². The summed E-state index contributed by atoms with van der Waals surface area (Å²) in [5.74, 6) is 1.16. The van der Waals surface area contributed by atoms with Crippen LogP contribution in [0.4, 0.5) is 4.39 Å². The van der Waals surface area contributed by atoms with Crippen LogP contribution in [-0.2, 0) is 12.8 Å². The van der Waals surface area contributed by atoms with Gasteiger partial charge in [-0.05, 0) is 31.0 Å². The lowest BCUT2D eigenvalue weighted by atomic mass is 10.0. The highest BCUT2D eigenvalue weighted by Crippen LogP contribution is 2.39. The van der Waals surface area contributed by atoms with Crippen LogP contribution in [-0.4, -0.2) is 14.8 Å². The second kappa shape index (κ2) is 7.89. The largest absolute Gasteiger partial charge is 0.305 e. The first-order valence-electron chi connectivity index (χ1n) is 8.95. The highest BCUT2D eigenvalue weighted by molar-refractivity contribution is 7.98. The van der Waals surface area contributed by atoms with Crippen molar-refractivity contribution >= 4 is 23.1 Å². The monoisotopic (exact) mass is 409 g/mol. The van der Waals surface area contributed by atoms with Crippen LogP contribution in [0.15, 0.2) is 59.1 Å². The topological polar surface area (TPSA) is 30.7 Å². The van der Waals surface area contributed by atoms with Gasteiger partial charge in [0.15, 0.2) is 11.0 Å². The Bertz CT molecular complexity index is 1110. The fraction of sp³-hybridized carbons (Fsp3) is 0.182. The molecule has 4 aromatic rings. The molecule has 0 N–H and O–H groups in total. The Morgan fingerprint density at radius 2 is 1.79 bits per heavy atom. The number of aromatic nitrogens is 3. The highest BCUT2D eigenvalue weighted by atomic mass is 32.2. The zero-order chi connectivity index (χ0) is 19.7. The van der Waals surface area contributed by atoms with Crippen LogP contribution in [0.3, 0.4) is 0 Å². The minimum Gasteiger partial charge on any atom is -0.305 e. The molecule has 28 heavy (non-hydrogen) atoms. The molecule has 4 rings (SSSR count). The van der Waals surface area contributed by atoms with E-state index < -0.39 is 0 Å². The van der Waals surface area contributed by atoms with Crippen molar-refractivity contribution in [3.8, 4) is 22.5 Å². The minimum atomic E-state index is -0.187. The van der Waals surface area contributed by atoms with Crippen LogP contribution in [0, 0.1) is 19.7 Å². The maximum absolute atomic E-state index is 13.9. The summed E-state index contributed by atoms with van der Waals surface area (Å²) in [7, 11) is 1.96. The van der Waals surface area contributed by atoms with Crippen molar-refractivity contribution in [2.24, 2.45) is 7.05 Å². The predicted molar refractivity (Wildman–Crippen MR) is 115 cm³/mol. The van der Waals surface area contributed by atoms with E-state index in [0.29, 0.717) is 11.3 Å². The third kappa shape index (κ3) is 3.62. The molecule has 0 radical (unpaired) electrons. The minimum absolute atomic E-state index is 0.187. The summed E-state index contributed by atoms with van der Waals surface area (Å²) in [6.45, 7) is 4.22. The molecule has 0 amide bonds. The van der Waals surface area contributed by atoms with Gasteiger partial charge in [0.25, 0.3) is 0 Å². The molecule has 0 fully saturated rings. The maximum atomic E-state index is 13.9. The second-order valence-electron chi connectivity index (χ2n) is 6.69. The van der Waals surface area contributed by atoms with Gasteiger partial charge in [-0.1, -0.05) is 59.8 Å². The van der Waals surface area contributed by atoms with E-state index in [0.717, 1.165) is 16.5 Å². The predicted octanol–water partition coefficient (Wildman–Crippen LogP) is 6.26. The van der Waals surface area contributed by atoms with Gasteiger partial charge in [-0.3, -0.25) is 0 Å². The lowest BCUT2D eigenvalue weighted by Crippen LogP contribution is -1.96. The molecule has 0 aliphatic heterocycles. The first kappa shape index (κ1) is 18.9. The van der Waals surface area contributed by atoms with Crippen molar-refractivity contribution in [2.45, 2.75) is 24.8 Å². The molecule has 2 aromatic carbocycles. The summed E-state index contributed by atoms with van der Waals surface area (Å²) in [5, 5.41) is 11.7. The Labute approximate surface area is 172 Å². The van der Waals surface area contributed by atoms with E-state index in [1.54, 1.807) is 23.5 Å². The van der Waals surface area contributed by atoms with Gasteiger partial charge in [0.05, 0.1) is 0 Å². The van der Waals surface area contributed by atoms with Crippen LogP contribution in [0.1, 0.15) is 16.0 Å². The third-order valence-corrected chi connectivity index (χ3v) is 6.69. The lowest BCUT2D eigenvalue weighted by molar-refractivity contribution is 0.617. The normalized spacial score (nSPS) is 11.1. The molecule has 0 saturated heterocycles. The molecular formula is C22H20FN3S2. The average molecular weight is 410 g/mol. The number of halogens is 1. The second-order valence-corrected chi connectivity index (χ2v) is 8.72. The van der Waals surface area contributed by atoms with Gasteiger partial charge in [0.2, 0.25) is 0 Å². The lowest BCUT2D eigenvalue weighted by Gasteiger charge is -2.08. The van der Waals surface area contributed by atoms with Crippen LogP contribution in [0.25, 0.3) is 22.5 Å². The summed E-state index contributed by atoms with van der Waals surface area (Å²) >= 11 is 3.21. The van der Waals surface area contributed by atoms with Gasteiger partial charge in [0.1, 0.15) is 5.82 Å². The zero-order valence-corrected chi connectivity index (χ0v) is 17.6. The van der Waals surface area contributed by atoms with Crippen molar-refractivity contribution in [3.05, 3.63) is 75.7 Å². The Morgan fingerprint density at radius 3 is 2.54 bits per heavy atom. The van der Waals surface area contributed by atoms with Crippen LogP contribution in [0.5, 0.6) is 0 Å². The molecule has 0 aliphatic carbocycles. The van der Waals surface area contributed by atoms with Crippen molar-refractivity contribution in [1.82, 2.24) is 14.8 Å². The van der Waals surface area contributed by atoms with E-state index in [4.69, 9.17) is 0 Å². The molecular weight excluding hydrogens is 389 g/mol. The number of hydrogen-bond donors (Lipinski definition) is 0. The van der Waals surface area contributed by atoms with Gasteiger partial charge in [-0.2, -0.15) is 0 Å².